The highest BCUT2D eigenvalue weighted by Gasteiger charge is 2.12. The van der Waals surface area contributed by atoms with Crippen molar-refractivity contribution in [1.82, 2.24) is 4.90 Å². The zero-order chi connectivity index (χ0) is 14.5. The SMILES string of the molecule is CN(Cc1cccc(F)c1)C(=O)c1ccc(CN)cc1. The number of benzene rings is 2. The summed E-state index contributed by atoms with van der Waals surface area (Å²) in [5.74, 6) is -0.395. The molecule has 0 unspecified atom stereocenters. The molecule has 0 bridgehead atoms. The van der Waals surface area contributed by atoms with E-state index in [-0.39, 0.29) is 11.7 Å². The molecule has 2 aromatic carbocycles. The van der Waals surface area contributed by atoms with Crippen molar-refractivity contribution in [3.63, 3.8) is 0 Å². The summed E-state index contributed by atoms with van der Waals surface area (Å²) in [5, 5.41) is 0. The fraction of sp³-hybridized carbons (Fsp3) is 0.188. The third kappa shape index (κ3) is 3.42. The van der Waals surface area contributed by atoms with Gasteiger partial charge in [-0.3, -0.25) is 4.79 Å². The quantitative estimate of drug-likeness (QED) is 0.929. The summed E-state index contributed by atoms with van der Waals surface area (Å²) in [6, 6.07) is 13.4. The molecule has 0 fully saturated rings. The van der Waals surface area contributed by atoms with Crippen LogP contribution in [0.3, 0.4) is 0 Å². The molecular formula is C16H17FN2O. The Balaban J connectivity index is 2.07. The van der Waals surface area contributed by atoms with Crippen molar-refractivity contribution >= 4 is 5.91 Å². The normalized spacial score (nSPS) is 10.3. The molecule has 1 amide bonds. The molecule has 0 aliphatic heterocycles. The molecule has 0 atom stereocenters. The van der Waals surface area contributed by atoms with E-state index in [1.54, 1.807) is 36.2 Å². The smallest absolute Gasteiger partial charge is 0.253 e. The summed E-state index contributed by atoms with van der Waals surface area (Å²) < 4.78 is 13.1. The van der Waals surface area contributed by atoms with E-state index in [9.17, 15) is 9.18 Å². The number of rotatable bonds is 4. The Labute approximate surface area is 117 Å². The topological polar surface area (TPSA) is 46.3 Å². The van der Waals surface area contributed by atoms with E-state index in [1.165, 1.54) is 12.1 Å². The summed E-state index contributed by atoms with van der Waals surface area (Å²) in [6.07, 6.45) is 0. The maximum absolute atomic E-state index is 13.1. The highest BCUT2D eigenvalue weighted by molar-refractivity contribution is 5.94. The summed E-state index contributed by atoms with van der Waals surface area (Å²) in [7, 11) is 1.70. The minimum absolute atomic E-state index is 0.0992. The minimum Gasteiger partial charge on any atom is -0.337 e. The van der Waals surface area contributed by atoms with Crippen LogP contribution < -0.4 is 5.73 Å². The number of carbonyl (C=O) groups excluding carboxylic acids is 1. The molecule has 0 aliphatic rings. The molecule has 20 heavy (non-hydrogen) atoms. The van der Waals surface area contributed by atoms with E-state index in [0.717, 1.165) is 11.1 Å². The molecule has 4 heteroatoms. The lowest BCUT2D eigenvalue weighted by Crippen LogP contribution is -2.26. The number of hydrogen-bond acceptors (Lipinski definition) is 2. The Morgan fingerprint density at radius 1 is 1.15 bits per heavy atom. The lowest BCUT2D eigenvalue weighted by molar-refractivity contribution is 0.0785. The van der Waals surface area contributed by atoms with Crippen LogP contribution in [0.1, 0.15) is 21.5 Å². The first-order chi connectivity index (χ1) is 9.60. The van der Waals surface area contributed by atoms with Gasteiger partial charge in [-0.15, -0.1) is 0 Å². The van der Waals surface area contributed by atoms with Gasteiger partial charge in [0.15, 0.2) is 0 Å². The molecular weight excluding hydrogens is 255 g/mol. The van der Waals surface area contributed by atoms with Crippen LogP contribution >= 0.6 is 0 Å². The van der Waals surface area contributed by atoms with Crippen LogP contribution in [-0.4, -0.2) is 17.9 Å². The lowest BCUT2D eigenvalue weighted by Gasteiger charge is -2.17. The number of nitrogens with zero attached hydrogens (tertiary/aromatic N) is 1. The van der Waals surface area contributed by atoms with Crippen LogP contribution in [0.5, 0.6) is 0 Å². The Morgan fingerprint density at radius 3 is 2.45 bits per heavy atom. The highest BCUT2D eigenvalue weighted by atomic mass is 19.1. The van der Waals surface area contributed by atoms with Crippen LogP contribution in [0.25, 0.3) is 0 Å². The number of halogens is 1. The monoisotopic (exact) mass is 272 g/mol. The Bertz CT molecular complexity index is 596. The van der Waals surface area contributed by atoms with E-state index < -0.39 is 0 Å². The average Bonchev–Trinajstić information content (AvgIpc) is 2.46. The summed E-state index contributed by atoms with van der Waals surface area (Å²) >= 11 is 0. The number of hydrogen-bond donors (Lipinski definition) is 1. The minimum atomic E-state index is -0.296. The first-order valence-corrected chi connectivity index (χ1v) is 6.39. The van der Waals surface area contributed by atoms with Gasteiger partial charge in [0.1, 0.15) is 5.82 Å². The zero-order valence-electron chi connectivity index (χ0n) is 11.3. The molecule has 0 saturated heterocycles. The summed E-state index contributed by atoms with van der Waals surface area (Å²) in [5.41, 5.74) is 7.86. The Morgan fingerprint density at radius 2 is 1.85 bits per heavy atom. The van der Waals surface area contributed by atoms with E-state index in [4.69, 9.17) is 5.73 Å². The Hall–Kier alpha value is -2.20. The fourth-order valence-electron chi connectivity index (χ4n) is 1.98. The highest BCUT2D eigenvalue weighted by Crippen LogP contribution is 2.11. The molecule has 3 nitrogen and oxygen atoms in total. The first kappa shape index (κ1) is 14.2. The second-order valence-electron chi connectivity index (χ2n) is 4.69. The Kier molecular flexibility index (Phi) is 4.48. The largest absolute Gasteiger partial charge is 0.337 e. The van der Waals surface area contributed by atoms with Gasteiger partial charge in [0, 0.05) is 25.7 Å². The van der Waals surface area contributed by atoms with Gasteiger partial charge in [-0.1, -0.05) is 24.3 Å². The van der Waals surface area contributed by atoms with E-state index in [0.29, 0.717) is 18.7 Å². The van der Waals surface area contributed by atoms with E-state index >= 15 is 0 Å². The van der Waals surface area contributed by atoms with Crippen LogP contribution in [0, 0.1) is 5.82 Å². The molecule has 0 heterocycles. The van der Waals surface area contributed by atoms with Gasteiger partial charge >= 0.3 is 0 Å². The van der Waals surface area contributed by atoms with Crippen LogP contribution in [0.2, 0.25) is 0 Å². The van der Waals surface area contributed by atoms with Crippen molar-refractivity contribution in [3.8, 4) is 0 Å². The van der Waals surface area contributed by atoms with Crippen molar-refractivity contribution in [2.75, 3.05) is 7.05 Å². The van der Waals surface area contributed by atoms with Crippen molar-refractivity contribution in [3.05, 3.63) is 71.0 Å². The predicted molar refractivity (Wildman–Crippen MR) is 76.5 cm³/mol. The van der Waals surface area contributed by atoms with Gasteiger partial charge in [0.25, 0.3) is 5.91 Å². The van der Waals surface area contributed by atoms with E-state index in [2.05, 4.69) is 0 Å². The second kappa shape index (κ2) is 6.30. The van der Waals surface area contributed by atoms with Gasteiger partial charge in [0.2, 0.25) is 0 Å². The molecule has 104 valence electrons. The van der Waals surface area contributed by atoms with Crippen molar-refractivity contribution < 1.29 is 9.18 Å². The van der Waals surface area contributed by atoms with Gasteiger partial charge in [0.05, 0.1) is 0 Å². The third-order valence-corrected chi connectivity index (χ3v) is 3.09. The third-order valence-electron chi connectivity index (χ3n) is 3.09. The van der Waals surface area contributed by atoms with Gasteiger partial charge in [-0.2, -0.15) is 0 Å². The second-order valence-corrected chi connectivity index (χ2v) is 4.69. The van der Waals surface area contributed by atoms with Crippen molar-refractivity contribution in [2.24, 2.45) is 5.73 Å². The van der Waals surface area contributed by atoms with E-state index in [1.807, 2.05) is 12.1 Å². The lowest BCUT2D eigenvalue weighted by atomic mass is 10.1. The predicted octanol–water partition coefficient (Wildman–Crippen LogP) is 2.56. The standard InChI is InChI=1S/C16H17FN2O/c1-19(11-13-3-2-4-15(17)9-13)16(20)14-7-5-12(10-18)6-8-14/h2-9H,10-11,18H2,1H3. The van der Waals surface area contributed by atoms with Gasteiger partial charge in [-0.25, -0.2) is 4.39 Å². The average molecular weight is 272 g/mol. The number of amides is 1. The molecule has 0 aliphatic carbocycles. The maximum Gasteiger partial charge on any atom is 0.253 e. The number of nitrogens with two attached hydrogens (primary N) is 1. The molecule has 2 aromatic rings. The van der Waals surface area contributed by atoms with Crippen molar-refractivity contribution in [1.29, 1.82) is 0 Å². The fourth-order valence-corrected chi connectivity index (χ4v) is 1.98. The molecule has 0 aromatic heterocycles. The van der Waals surface area contributed by atoms with Crippen LogP contribution in [-0.2, 0) is 13.1 Å². The molecule has 0 saturated carbocycles. The summed E-state index contributed by atoms with van der Waals surface area (Å²) in [4.78, 5) is 13.8. The number of carbonyl (C=O) groups is 1. The first-order valence-electron chi connectivity index (χ1n) is 6.39. The molecule has 0 spiro atoms. The zero-order valence-corrected chi connectivity index (χ0v) is 11.3. The molecule has 2 rings (SSSR count). The van der Waals surface area contributed by atoms with Gasteiger partial charge in [-0.05, 0) is 35.4 Å². The maximum atomic E-state index is 13.1. The van der Waals surface area contributed by atoms with Crippen LogP contribution in [0.4, 0.5) is 4.39 Å². The van der Waals surface area contributed by atoms with Gasteiger partial charge < -0.3 is 10.6 Å². The van der Waals surface area contributed by atoms with Crippen LogP contribution in [0.15, 0.2) is 48.5 Å². The van der Waals surface area contributed by atoms with Crippen molar-refractivity contribution in [2.45, 2.75) is 13.1 Å². The molecule has 2 N–H and O–H groups in total. The summed E-state index contributed by atoms with van der Waals surface area (Å²) in [6.45, 7) is 0.822. The molecule has 0 radical (unpaired) electrons.